The standard InChI is InChI=1S/C27H24N8O/c36-27(33-22-7-10-28-11-8-22)24-13-18-1-2-19(14-23(18)34-24)26-29-12-9-25(35-26)32-21-5-3-17(4-6-21)20-15-30-31-16-20/h1-14,20,30-31,34H,15-16H2,(H,28,33,36)(H,29,32,35). The number of aromatic nitrogens is 4. The molecule has 2 aromatic carbocycles. The number of nitrogens with one attached hydrogen (secondary N) is 5. The maximum absolute atomic E-state index is 12.7. The lowest BCUT2D eigenvalue weighted by Crippen LogP contribution is -2.21. The first-order valence-electron chi connectivity index (χ1n) is 11.7. The van der Waals surface area contributed by atoms with Crippen molar-refractivity contribution in [1.29, 1.82) is 0 Å². The Kier molecular flexibility index (Phi) is 5.82. The molecule has 6 rings (SSSR count). The fourth-order valence-electron chi connectivity index (χ4n) is 4.27. The van der Waals surface area contributed by atoms with Crippen molar-refractivity contribution in [2.24, 2.45) is 0 Å². The third-order valence-electron chi connectivity index (χ3n) is 6.20. The maximum Gasteiger partial charge on any atom is 0.272 e. The van der Waals surface area contributed by atoms with Crippen LogP contribution < -0.4 is 21.5 Å². The number of benzene rings is 2. The maximum atomic E-state index is 12.7. The number of carbonyl (C=O) groups is 1. The van der Waals surface area contributed by atoms with Gasteiger partial charge in [-0.3, -0.25) is 20.6 Å². The van der Waals surface area contributed by atoms with Crippen molar-refractivity contribution in [3.8, 4) is 11.4 Å². The summed E-state index contributed by atoms with van der Waals surface area (Å²) in [7, 11) is 0. The lowest BCUT2D eigenvalue weighted by molar-refractivity contribution is 0.102. The van der Waals surface area contributed by atoms with Crippen LogP contribution in [0.3, 0.4) is 0 Å². The third kappa shape index (κ3) is 4.65. The number of pyridine rings is 1. The van der Waals surface area contributed by atoms with E-state index >= 15 is 0 Å². The van der Waals surface area contributed by atoms with E-state index in [1.807, 2.05) is 30.3 Å². The molecule has 0 saturated carbocycles. The van der Waals surface area contributed by atoms with E-state index in [2.05, 4.69) is 60.7 Å². The quantitative estimate of drug-likeness (QED) is 0.249. The van der Waals surface area contributed by atoms with Crippen LogP contribution in [-0.2, 0) is 0 Å². The first kappa shape index (κ1) is 21.9. The minimum atomic E-state index is -0.215. The van der Waals surface area contributed by atoms with Gasteiger partial charge in [0.05, 0.1) is 0 Å². The molecule has 3 aromatic heterocycles. The minimum Gasteiger partial charge on any atom is -0.350 e. The second-order valence-corrected chi connectivity index (χ2v) is 8.65. The van der Waals surface area contributed by atoms with Crippen molar-refractivity contribution in [3.63, 3.8) is 0 Å². The highest BCUT2D eigenvalue weighted by Gasteiger charge is 2.16. The number of aromatic amines is 1. The zero-order valence-corrected chi connectivity index (χ0v) is 19.3. The Balaban J connectivity index is 1.19. The predicted octanol–water partition coefficient (Wildman–Crippen LogP) is 4.21. The van der Waals surface area contributed by atoms with Gasteiger partial charge in [-0.25, -0.2) is 9.97 Å². The number of carbonyl (C=O) groups excluding carboxylic acids is 1. The molecule has 1 fully saturated rings. The van der Waals surface area contributed by atoms with Crippen LogP contribution in [-0.4, -0.2) is 38.9 Å². The van der Waals surface area contributed by atoms with Crippen LogP contribution in [0.25, 0.3) is 22.3 Å². The molecule has 0 unspecified atom stereocenters. The van der Waals surface area contributed by atoms with Gasteiger partial charge in [0.1, 0.15) is 11.5 Å². The zero-order valence-electron chi connectivity index (χ0n) is 19.3. The Morgan fingerprint density at radius 1 is 0.861 bits per heavy atom. The molecule has 9 nitrogen and oxygen atoms in total. The van der Waals surface area contributed by atoms with Gasteiger partial charge >= 0.3 is 0 Å². The zero-order chi connectivity index (χ0) is 24.3. The monoisotopic (exact) mass is 476 g/mol. The van der Waals surface area contributed by atoms with Crippen molar-refractivity contribution >= 4 is 34.0 Å². The van der Waals surface area contributed by atoms with Crippen molar-refractivity contribution < 1.29 is 4.79 Å². The van der Waals surface area contributed by atoms with Crippen molar-refractivity contribution in [1.82, 2.24) is 30.8 Å². The molecular formula is C27H24N8O. The smallest absolute Gasteiger partial charge is 0.272 e. The van der Waals surface area contributed by atoms with E-state index in [0.717, 1.165) is 35.2 Å². The van der Waals surface area contributed by atoms with Crippen LogP contribution in [0.4, 0.5) is 17.2 Å². The normalized spacial score (nSPS) is 13.7. The number of rotatable bonds is 6. The van der Waals surface area contributed by atoms with Gasteiger partial charge in [-0.15, -0.1) is 0 Å². The van der Waals surface area contributed by atoms with E-state index in [1.165, 1.54) is 5.56 Å². The molecule has 4 heterocycles. The average molecular weight is 477 g/mol. The summed E-state index contributed by atoms with van der Waals surface area (Å²) in [5.41, 5.74) is 11.5. The van der Waals surface area contributed by atoms with Gasteiger partial charge in [0, 0.05) is 65.4 Å². The molecular weight excluding hydrogens is 452 g/mol. The van der Waals surface area contributed by atoms with Gasteiger partial charge in [0.2, 0.25) is 0 Å². The van der Waals surface area contributed by atoms with E-state index < -0.39 is 0 Å². The number of nitrogens with zero attached hydrogens (tertiary/aromatic N) is 3. The molecule has 1 saturated heterocycles. The van der Waals surface area contributed by atoms with Crippen molar-refractivity contribution in [2.45, 2.75) is 5.92 Å². The molecule has 178 valence electrons. The second-order valence-electron chi connectivity index (χ2n) is 8.65. The fraction of sp³-hybridized carbons (Fsp3) is 0.111. The topological polar surface area (TPSA) is 120 Å². The summed E-state index contributed by atoms with van der Waals surface area (Å²) in [6, 6.07) is 21.5. The molecule has 0 bridgehead atoms. The molecule has 5 N–H and O–H groups in total. The Morgan fingerprint density at radius 2 is 1.67 bits per heavy atom. The Morgan fingerprint density at radius 3 is 2.47 bits per heavy atom. The highest BCUT2D eigenvalue weighted by Crippen LogP contribution is 2.25. The summed E-state index contributed by atoms with van der Waals surface area (Å²) in [5.74, 6) is 1.57. The molecule has 0 aliphatic carbocycles. The van der Waals surface area contributed by atoms with Crippen LogP contribution in [0, 0.1) is 0 Å². The Labute approximate surface area is 207 Å². The van der Waals surface area contributed by atoms with Crippen LogP contribution in [0.15, 0.2) is 85.3 Å². The number of hydrazine groups is 1. The SMILES string of the molecule is O=C(Nc1ccncc1)c1cc2ccc(-c3nccc(Nc4ccc(C5CNNC5)cc4)n3)cc2[nH]1. The summed E-state index contributed by atoms with van der Waals surface area (Å²) >= 11 is 0. The Hall–Kier alpha value is -4.60. The first-order chi connectivity index (χ1) is 17.7. The van der Waals surface area contributed by atoms with Crippen LogP contribution in [0.1, 0.15) is 22.0 Å². The number of hydrogen-bond acceptors (Lipinski definition) is 7. The summed E-state index contributed by atoms with van der Waals surface area (Å²) in [5, 5.41) is 7.16. The summed E-state index contributed by atoms with van der Waals surface area (Å²) in [6.07, 6.45) is 5.01. The van der Waals surface area contributed by atoms with Gasteiger partial charge in [-0.05, 0) is 48.0 Å². The van der Waals surface area contributed by atoms with E-state index in [-0.39, 0.29) is 5.91 Å². The molecule has 5 aromatic rings. The van der Waals surface area contributed by atoms with Gasteiger partial charge < -0.3 is 15.6 Å². The van der Waals surface area contributed by atoms with E-state index in [1.54, 1.807) is 30.7 Å². The summed E-state index contributed by atoms with van der Waals surface area (Å²) in [4.78, 5) is 29.0. The van der Waals surface area contributed by atoms with Gasteiger partial charge in [0.15, 0.2) is 5.82 Å². The highest BCUT2D eigenvalue weighted by atomic mass is 16.1. The molecule has 0 radical (unpaired) electrons. The Bertz CT molecular complexity index is 1510. The number of H-pyrrole nitrogens is 1. The minimum absolute atomic E-state index is 0.215. The number of fused-ring (bicyclic) bond motifs is 1. The van der Waals surface area contributed by atoms with Gasteiger partial charge in [-0.2, -0.15) is 0 Å². The molecule has 36 heavy (non-hydrogen) atoms. The first-order valence-corrected chi connectivity index (χ1v) is 11.7. The van der Waals surface area contributed by atoms with Crippen LogP contribution in [0.2, 0.25) is 0 Å². The second kappa shape index (κ2) is 9.57. The molecule has 0 atom stereocenters. The van der Waals surface area contributed by atoms with E-state index in [0.29, 0.717) is 28.9 Å². The average Bonchev–Trinajstić information content (AvgIpc) is 3.60. The molecule has 1 amide bonds. The number of amides is 1. The molecule has 1 aliphatic rings. The fourth-order valence-corrected chi connectivity index (χ4v) is 4.27. The lowest BCUT2D eigenvalue weighted by atomic mass is 10.0. The van der Waals surface area contributed by atoms with Gasteiger partial charge in [0.25, 0.3) is 5.91 Å². The van der Waals surface area contributed by atoms with Gasteiger partial charge in [-0.1, -0.05) is 24.3 Å². The van der Waals surface area contributed by atoms with Crippen molar-refractivity contribution in [2.75, 3.05) is 23.7 Å². The van der Waals surface area contributed by atoms with E-state index in [4.69, 9.17) is 4.98 Å². The largest absolute Gasteiger partial charge is 0.350 e. The lowest BCUT2D eigenvalue weighted by Gasteiger charge is -2.11. The molecule has 9 heteroatoms. The molecule has 0 spiro atoms. The summed E-state index contributed by atoms with van der Waals surface area (Å²) in [6.45, 7) is 1.87. The third-order valence-corrected chi connectivity index (χ3v) is 6.20. The van der Waals surface area contributed by atoms with E-state index in [9.17, 15) is 4.79 Å². The van der Waals surface area contributed by atoms with Crippen LogP contribution in [0.5, 0.6) is 0 Å². The summed E-state index contributed by atoms with van der Waals surface area (Å²) < 4.78 is 0. The highest BCUT2D eigenvalue weighted by molar-refractivity contribution is 6.06. The predicted molar refractivity (Wildman–Crippen MR) is 140 cm³/mol. The number of hydrogen-bond donors (Lipinski definition) is 5. The molecule has 1 aliphatic heterocycles. The number of anilines is 3. The van der Waals surface area contributed by atoms with Crippen molar-refractivity contribution in [3.05, 3.63) is 96.6 Å². The van der Waals surface area contributed by atoms with Crippen LogP contribution >= 0.6 is 0 Å².